The molecule has 3 fully saturated rings. The molecule has 4 aromatic rings. The normalized spacial score (nSPS) is 20.5. The van der Waals surface area contributed by atoms with E-state index in [1.807, 2.05) is 16.9 Å². The molecule has 8 heterocycles. The topological polar surface area (TPSA) is 82.6 Å². The van der Waals surface area contributed by atoms with Crippen LogP contribution < -0.4 is 4.90 Å². The van der Waals surface area contributed by atoms with Crippen molar-refractivity contribution in [2.75, 3.05) is 31.2 Å². The first-order valence-corrected chi connectivity index (χ1v) is 14.7. The number of anilines is 1. The number of hydrogen-bond acceptors (Lipinski definition) is 7. The zero-order valence-electron chi connectivity index (χ0n) is 23.8. The Hall–Kier alpha value is -4.06. The second-order valence-corrected chi connectivity index (χ2v) is 11.5. The number of pyridine rings is 3. The smallest absolute Gasteiger partial charge is 0.128 e. The minimum atomic E-state index is 0.542. The summed E-state index contributed by atoms with van der Waals surface area (Å²) in [6.07, 6.45) is 14.2. The van der Waals surface area contributed by atoms with Crippen molar-refractivity contribution in [2.45, 2.75) is 58.2 Å². The van der Waals surface area contributed by atoms with Crippen LogP contribution in [0.1, 0.15) is 54.1 Å². The highest BCUT2D eigenvalue weighted by atomic mass is 16.5. The van der Waals surface area contributed by atoms with E-state index in [0.29, 0.717) is 24.3 Å². The van der Waals surface area contributed by atoms with E-state index >= 15 is 0 Å². The maximum absolute atomic E-state index is 9.76. The monoisotopic (exact) mass is 545 g/mol. The molecule has 208 valence electrons. The van der Waals surface area contributed by atoms with Gasteiger partial charge >= 0.3 is 0 Å². The van der Waals surface area contributed by atoms with Crippen LogP contribution in [0.3, 0.4) is 0 Å². The van der Waals surface area contributed by atoms with Gasteiger partial charge in [0.25, 0.3) is 0 Å². The van der Waals surface area contributed by atoms with Gasteiger partial charge < -0.3 is 9.64 Å². The lowest BCUT2D eigenvalue weighted by Gasteiger charge is -2.56. The molecule has 8 nitrogen and oxygen atoms in total. The van der Waals surface area contributed by atoms with E-state index in [1.54, 1.807) is 6.20 Å². The lowest BCUT2D eigenvalue weighted by molar-refractivity contribution is -0.00877. The molecule has 2 unspecified atom stereocenters. The summed E-state index contributed by atoms with van der Waals surface area (Å²) in [5.74, 6) is 1.01. The van der Waals surface area contributed by atoms with Crippen LogP contribution in [0.4, 0.5) is 5.82 Å². The second-order valence-electron chi connectivity index (χ2n) is 11.5. The van der Waals surface area contributed by atoms with E-state index < -0.39 is 0 Å². The van der Waals surface area contributed by atoms with Crippen molar-refractivity contribution >= 4 is 16.9 Å². The van der Waals surface area contributed by atoms with Gasteiger partial charge in [-0.15, -0.1) is 0 Å². The summed E-state index contributed by atoms with van der Waals surface area (Å²) in [6.45, 7) is 8.63. The lowest BCUT2D eigenvalue weighted by atomic mass is 9.86. The summed E-state index contributed by atoms with van der Waals surface area (Å²) in [6, 6.07) is 12.2. The molecule has 3 saturated heterocycles. The van der Waals surface area contributed by atoms with Crippen LogP contribution in [0.25, 0.3) is 22.2 Å². The van der Waals surface area contributed by atoms with Gasteiger partial charge in [-0.3, -0.25) is 9.88 Å². The summed E-state index contributed by atoms with van der Waals surface area (Å²) >= 11 is 0. The molecule has 4 aliphatic heterocycles. The van der Waals surface area contributed by atoms with E-state index in [-0.39, 0.29) is 0 Å². The Labute approximate surface area is 240 Å². The Morgan fingerprint density at radius 3 is 2.68 bits per heavy atom. The molecule has 4 aliphatic rings. The van der Waals surface area contributed by atoms with Crippen molar-refractivity contribution in [1.82, 2.24) is 24.5 Å². The van der Waals surface area contributed by atoms with Crippen molar-refractivity contribution < 1.29 is 4.74 Å². The number of hydrogen-bond donors (Lipinski definition) is 0. The predicted molar refractivity (Wildman–Crippen MR) is 159 cm³/mol. The van der Waals surface area contributed by atoms with Gasteiger partial charge in [-0.05, 0) is 66.6 Å². The maximum Gasteiger partial charge on any atom is 0.128 e. The Kier molecular flexibility index (Phi) is 6.77. The molecule has 8 heteroatoms. The average molecular weight is 546 g/mol. The van der Waals surface area contributed by atoms with Crippen LogP contribution in [0, 0.1) is 18.3 Å². The highest BCUT2D eigenvalue weighted by molar-refractivity contribution is 5.87. The third-order valence-corrected chi connectivity index (χ3v) is 8.93. The molecule has 0 saturated carbocycles. The van der Waals surface area contributed by atoms with Crippen molar-refractivity contribution in [3.63, 3.8) is 0 Å². The van der Waals surface area contributed by atoms with Gasteiger partial charge in [0.15, 0.2) is 0 Å². The number of nitriles is 1. The van der Waals surface area contributed by atoms with Crippen LogP contribution in [-0.2, 0) is 17.7 Å². The van der Waals surface area contributed by atoms with Gasteiger partial charge in [-0.2, -0.15) is 10.4 Å². The minimum Gasteiger partial charge on any atom is -0.377 e. The van der Waals surface area contributed by atoms with Crippen LogP contribution in [0.15, 0.2) is 55.1 Å². The Morgan fingerprint density at radius 2 is 1.95 bits per heavy atom. The average Bonchev–Trinajstić information content (AvgIpc) is 3.45. The molecule has 4 aromatic heterocycles. The van der Waals surface area contributed by atoms with Gasteiger partial charge in [0.05, 0.1) is 30.5 Å². The first kappa shape index (κ1) is 25.9. The zero-order valence-corrected chi connectivity index (χ0v) is 23.8. The molecule has 41 heavy (non-hydrogen) atoms. The Balaban J connectivity index is 1.10. The third kappa shape index (κ3) is 4.79. The summed E-state index contributed by atoms with van der Waals surface area (Å²) in [7, 11) is 0. The molecule has 0 spiro atoms. The molecular weight excluding hydrogens is 510 g/mol. The van der Waals surface area contributed by atoms with Crippen LogP contribution in [0.2, 0.25) is 0 Å². The number of aromatic nitrogens is 4. The largest absolute Gasteiger partial charge is 0.377 e. The van der Waals surface area contributed by atoms with Crippen molar-refractivity contribution in [3.8, 4) is 17.2 Å². The highest BCUT2D eigenvalue weighted by Gasteiger charge is 2.44. The summed E-state index contributed by atoms with van der Waals surface area (Å²) in [4.78, 5) is 14.7. The predicted octanol–water partition coefficient (Wildman–Crippen LogP) is 5.19. The first-order valence-electron chi connectivity index (χ1n) is 14.7. The summed E-state index contributed by atoms with van der Waals surface area (Å²) in [5, 5.41) is 14.2. The summed E-state index contributed by atoms with van der Waals surface area (Å²) < 4.78 is 7.35. The lowest BCUT2D eigenvalue weighted by Crippen LogP contribution is -2.68. The molecule has 0 radical (unpaired) electrons. The van der Waals surface area contributed by atoms with Gasteiger partial charge in [0.2, 0.25) is 0 Å². The van der Waals surface area contributed by atoms with E-state index in [1.165, 1.54) is 23.1 Å². The fourth-order valence-corrected chi connectivity index (χ4v) is 6.70. The van der Waals surface area contributed by atoms with E-state index in [9.17, 15) is 5.26 Å². The number of aryl methyl sites for hydroxylation is 2. The Bertz CT molecular complexity index is 1650. The van der Waals surface area contributed by atoms with E-state index in [2.05, 4.69) is 76.3 Å². The number of rotatable bonds is 7. The molecular formula is C33H35N7O. The quantitative estimate of drug-likeness (QED) is 0.316. The van der Waals surface area contributed by atoms with E-state index in [0.717, 1.165) is 79.2 Å². The molecule has 0 aromatic carbocycles. The standard InChI is InChI=1S/C33H35N7O/c1-3-4-25-11-23(15-35-22(25)2)18-39-29-13-30(39)21-38(20-29)32-6-5-26(16-36-32)31-12-27(24-7-9-41-10-8-24)19-40-33(31)28(14-34)17-37-40/h5-7,11-12,15-17,19,29-30H,3-4,8-10,13,18,20-21H2,1-2H3. The minimum absolute atomic E-state index is 0.542. The molecule has 2 bridgehead atoms. The fraction of sp³-hybridized carbons (Fsp3) is 0.394. The number of ether oxygens (including phenoxy) is 1. The molecule has 0 amide bonds. The van der Waals surface area contributed by atoms with Crippen LogP contribution >= 0.6 is 0 Å². The maximum atomic E-state index is 9.76. The number of nitrogens with zero attached hydrogens (tertiary/aromatic N) is 7. The van der Waals surface area contributed by atoms with Crippen LogP contribution in [0.5, 0.6) is 0 Å². The molecule has 8 rings (SSSR count). The Morgan fingerprint density at radius 1 is 1.07 bits per heavy atom. The number of piperidine rings is 1. The number of piperazine rings is 1. The number of fused-ring (bicyclic) bond motifs is 3. The third-order valence-electron chi connectivity index (χ3n) is 8.93. The van der Waals surface area contributed by atoms with E-state index in [4.69, 9.17) is 9.72 Å². The molecule has 2 atom stereocenters. The van der Waals surface area contributed by atoms with Crippen molar-refractivity contribution in [2.24, 2.45) is 0 Å². The van der Waals surface area contributed by atoms with Crippen molar-refractivity contribution in [3.05, 3.63) is 83.1 Å². The van der Waals surface area contributed by atoms with Gasteiger partial charge in [-0.1, -0.05) is 25.5 Å². The highest BCUT2D eigenvalue weighted by Crippen LogP contribution is 2.37. The van der Waals surface area contributed by atoms with Gasteiger partial charge in [0, 0.05) is 67.1 Å². The fourth-order valence-electron chi connectivity index (χ4n) is 6.70. The van der Waals surface area contributed by atoms with Gasteiger partial charge in [0.1, 0.15) is 11.9 Å². The SMILES string of the molecule is CCCc1cc(CN2C3CC2CN(c2ccc(-c4cc(C5=CCOCC5)cn5ncc(C#N)c45)cn2)C3)cnc1C. The van der Waals surface area contributed by atoms with Gasteiger partial charge in [-0.25, -0.2) is 9.50 Å². The van der Waals surface area contributed by atoms with Crippen LogP contribution in [-0.4, -0.2) is 62.9 Å². The van der Waals surface area contributed by atoms with Crippen molar-refractivity contribution in [1.29, 1.82) is 5.26 Å². The molecule has 0 aliphatic carbocycles. The molecule has 0 N–H and O–H groups in total. The summed E-state index contributed by atoms with van der Waals surface area (Å²) in [5.41, 5.74) is 9.57. The zero-order chi connectivity index (χ0) is 27.9. The second kappa shape index (κ2) is 10.7. The first-order chi connectivity index (χ1) is 20.1.